The molecule has 5 fully saturated rings. The summed E-state index contributed by atoms with van der Waals surface area (Å²) in [5, 5.41) is 22.6. The first-order valence-electron chi connectivity index (χ1n) is 16.0. The number of pyridine rings is 1. The van der Waals surface area contributed by atoms with Crippen molar-refractivity contribution in [3.63, 3.8) is 0 Å². The number of rotatable bonds is 6. The van der Waals surface area contributed by atoms with Crippen molar-refractivity contribution in [2.24, 2.45) is 52.3 Å². The van der Waals surface area contributed by atoms with Gasteiger partial charge < -0.3 is 10.2 Å². The number of aliphatic hydroxyl groups is 2. The maximum absolute atomic E-state index is 13.3. The predicted octanol–water partition coefficient (Wildman–Crippen LogP) is 7.60. The summed E-state index contributed by atoms with van der Waals surface area (Å²) in [4.78, 5) is 4.02. The lowest BCUT2D eigenvalue weighted by atomic mass is 9.42. The molecule has 4 unspecified atom stereocenters. The maximum Gasteiger partial charge on any atom is 0.475 e. The van der Waals surface area contributed by atoms with Crippen LogP contribution in [0.1, 0.15) is 97.1 Å². The Labute approximate surface area is 250 Å². The first-order chi connectivity index (χ1) is 19.4. The first-order valence-corrected chi connectivity index (χ1v) is 17.8. The van der Waals surface area contributed by atoms with E-state index in [0.29, 0.717) is 60.3 Å². The highest BCUT2D eigenvalue weighted by Gasteiger charge is 2.64. The van der Waals surface area contributed by atoms with Crippen LogP contribution in [-0.4, -0.2) is 40.6 Å². The van der Waals surface area contributed by atoms with E-state index < -0.39 is 13.9 Å². The predicted molar refractivity (Wildman–Crippen MR) is 158 cm³/mol. The second kappa shape index (κ2) is 11.4. The van der Waals surface area contributed by atoms with Gasteiger partial charge in [0.1, 0.15) is 5.15 Å². The third kappa shape index (κ3) is 5.38. The molecular formula is C32H49ClNO6P. The van der Waals surface area contributed by atoms with Crippen molar-refractivity contribution < 1.29 is 28.3 Å². The van der Waals surface area contributed by atoms with E-state index in [1.165, 1.54) is 25.7 Å². The largest absolute Gasteiger partial charge is 0.475 e. The van der Waals surface area contributed by atoms with Crippen LogP contribution in [0, 0.1) is 52.3 Å². The number of aliphatic hydroxyl groups excluding tert-OH is 2. The van der Waals surface area contributed by atoms with Crippen LogP contribution in [0.3, 0.4) is 0 Å². The van der Waals surface area contributed by atoms with E-state index in [1.54, 1.807) is 12.3 Å². The minimum Gasteiger partial charge on any atom is -0.393 e. The monoisotopic (exact) mass is 609 g/mol. The fraction of sp³-hybridized carbons (Fsp3) is 0.844. The number of nitrogens with zero attached hydrogens (tertiary/aromatic N) is 1. The Kier molecular flexibility index (Phi) is 8.51. The van der Waals surface area contributed by atoms with Gasteiger partial charge in [-0.2, -0.15) is 0 Å². The minimum absolute atomic E-state index is 0.187. The van der Waals surface area contributed by atoms with Crippen LogP contribution in [0.25, 0.3) is 0 Å². The van der Waals surface area contributed by atoms with Crippen molar-refractivity contribution in [1.82, 2.24) is 4.98 Å². The van der Waals surface area contributed by atoms with Crippen LogP contribution in [0.2, 0.25) is 5.15 Å². The Morgan fingerprint density at radius 3 is 2.66 bits per heavy atom. The van der Waals surface area contributed by atoms with Crippen LogP contribution >= 0.6 is 19.4 Å². The molecule has 4 aliphatic carbocycles. The summed E-state index contributed by atoms with van der Waals surface area (Å²) in [5.41, 5.74) is 1.23. The van der Waals surface area contributed by atoms with E-state index >= 15 is 0 Å². The molecule has 2 N–H and O–H groups in total. The normalized spacial score (nSPS) is 48.6. The highest BCUT2D eigenvalue weighted by atomic mass is 35.5. The van der Waals surface area contributed by atoms with Gasteiger partial charge in [-0.3, -0.25) is 13.6 Å². The molecule has 230 valence electrons. The van der Waals surface area contributed by atoms with Crippen LogP contribution in [0.15, 0.2) is 18.3 Å². The van der Waals surface area contributed by atoms with Crippen molar-refractivity contribution in [3.05, 3.63) is 29.0 Å². The molecule has 1 saturated heterocycles. The minimum atomic E-state index is -3.66. The zero-order chi connectivity index (χ0) is 29.2. The van der Waals surface area contributed by atoms with Gasteiger partial charge in [0.2, 0.25) is 0 Å². The number of aromatic nitrogens is 1. The molecule has 7 nitrogen and oxygen atoms in total. The van der Waals surface area contributed by atoms with E-state index in [9.17, 15) is 14.8 Å². The van der Waals surface area contributed by atoms with Crippen LogP contribution in [0.4, 0.5) is 0 Å². The molecule has 1 aliphatic heterocycles. The van der Waals surface area contributed by atoms with Gasteiger partial charge in [-0.05, 0) is 121 Å². The van der Waals surface area contributed by atoms with E-state index in [4.69, 9.17) is 25.2 Å². The number of phosphoric ester groups is 1. The van der Waals surface area contributed by atoms with Gasteiger partial charge >= 0.3 is 7.82 Å². The Bertz CT molecular complexity index is 1150. The first kappa shape index (κ1) is 30.5. The van der Waals surface area contributed by atoms with Crippen molar-refractivity contribution in [1.29, 1.82) is 0 Å². The number of fused-ring (bicyclic) bond motifs is 5. The van der Waals surface area contributed by atoms with E-state index in [2.05, 4.69) is 32.7 Å². The molecule has 0 aromatic carbocycles. The molecule has 1 aromatic rings. The molecule has 2 heterocycles. The van der Waals surface area contributed by atoms with Crippen molar-refractivity contribution in [3.8, 4) is 0 Å². The average Bonchev–Trinajstić information content (AvgIpc) is 3.29. The Hall–Kier alpha value is -0.530. The van der Waals surface area contributed by atoms with Gasteiger partial charge in [-0.15, -0.1) is 0 Å². The van der Waals surface area contributed by atoms with Gasteiger partial charge in [0.25, 0.3) is 0 Å². The third-order valence-corrected chi connectivity index (χ3v) is 14.4. The van der Waals surface area contributed by atoms with Crippen LogP contribution in [-0.2, 0) is 18.1 Å². The molecule has 9 heteroatoms. The number of halogens is 1. The maximum atomic E-state index is 13.3. The summed E-state index contributed by atoms with van der Waals surface area (Å²) in [5.74, 6) is 2.97. The molecule has 0 bridgehead atoms. The second-order valence-corrected chi connectivity index (χ2v) is 16.6. The van der Waals surface area contributed by atoms with Gasteiger partial charge in [0, 0.05) is 12.6 Å². The summed E-state index contributed by atoms with van der Waals surface area (Å²) < 4.78 is 30.5. The molecule has 6 rings (SSSR count). The molecule has 1 aromatic heterocycles. The van der Waals surface area contributed by atoms with E-state index in [1.807, 2.05) is 6.07 Å². The Balaban J connectivity index is 1.09. The topological polar surface area (TPSA) is 98.1 Å². The summed E-state index contributed by atoms with van der Waals surface area (Å²) in [6.45, 7) is 10.2. The number of hydrogen-bond donors (Lipinski definition) is 2. The number of hydrogen-bond acceptors (Lipinski definition) is 7. The smallest absolute Gasteiger partial charge is 0.393 e. The average molecular weight is 610 g/mol. The summed E-state index contributed by atoms with van der Waals surface area (Å²) in [7, 11) is -3.66. The van der Waals surface area contributed by atoms with Gasteiger partial charge in [-0.1, -0.05) is 39.3 Å². The quantitative estimate of drug-likeness (QED) is 0.253. The molecule has 5 aliphatic rings. The lowest BCUT2D eigenvalue weighted by molar-refractivity contribution is -0.199. The van der Waals surface area contributed by atoms with Gasteiger partial charge in [0.05, 0.1) is 31.5 Å². The zero-order valence-corrected chi connectivity index (χ0v) is 26.7. The highest BCUT2D eigenvalue weighted by molar-refractivity contribution is 7.48. The Morgan fingerprint density at radius 1 is 1.12 bits per heavy atom. The molecule has 0 spiro atoms. The lowest BCUT2D eigenvalue weighted by Crippen LogP contribution is -2.61. The summed E-state index contributed by atoms with van der Waals surface area (Å²) in [6, 6.07) is 3.56. The van der Waals surface area contributed by atoms with Crippen LogP contribution in [0.5, 0.6) is 0 Å². The van der Waals surface area contributed by atoms with Crippen LogP contribution < -0.4 is 0 Å². The summed E-state index contributed by atoms with van der Waals surface area (Å²) in [6.07, 6.45) is 9.62. The molecule has 4 saturated carbocycles. The second-order valence-electron chi connectivity index (χ2n) is 14.6. The van der Waals surface area contributed by atoms with Gasteiger partial charge in [0.15, 0.2) is 0 Å². The third-order valence-electron chi connectivity index (χ3n) is 12.7. The fourth-order valence-corrected chi connectivity index (χ4v) is 12.2. The zero-order valence-electron chi connectivity index (χ0n) is 25.1. The van der Waals surface area contributed by atoms with Gasteiger partial charge in [-0.25, -0.2) is 9.55 Å². The molecular weight excluding hydrogens is 561 g/mol. The lowest BCUT2D eigenvalue weighted by Gasteiger charge is -2.64. The highest BCUT2D eigenvalue weighted by Crippen LogP contribution is 2.69. The van der Waals surface area contributed by atoms with E-state index in [0.717, 1.165) is 31.2 Å². The molecule has 0 amide bonds. The molecule has 41 heavy (non-hydrogen) atoms. The SMILES string of the molecule is C[C@H](CCO[P@@]1(=O)OCC[C@H](c2ccnc(Cl)c2)O1)[C@H]1CCC2C3C(CC[C@@]21C)[C@@]1(C)CC[C@@H](O)CC1[C@@H](C)[C@H]3O. The van der Waals surface area contributed by atoms with Crippen molar-refractivity contribution >= 4 is 19.4 Å². The summed E-state index contributed by atoms with van der Waals surface area (Å²) >= 11 is 6.05. The van der Waals surface area contributed by atoms with Crippen molar-refractivity contribution in [2.75, 3.05) is 13.2 Å². The molecule has 0 radical (unpaired) electrons. The van der Waals surface area contributed by atoms with Crippen molar-refractivity contribution in [2.45, 2.75) is 104 Å². The molecule has 13 atom stereocenters. The number of phosphoric acid groups is 1. The fourth-order valence-electron chi connectivity index (χ4n) is 10.6. The van der Waals surface area contributed by atoms with E-state index in [-0.39, 0.29) is 29.0 Å². The Morgan fingerprint density at radius 2 is 1.88 bits per heavy atom. The standard InChI is InChI=1S/C32H49ClNO6P/c1-19(10-15-38-41(37)39-16-11-27(40-41)21-9-14-34-28(33)17-21)23-5-6-24-29-25(8-13-31(23,24)3)32(4)12-7-22(35)18-26(32)20(2)30(29)36/h9,14,17,19-20,22-27,29-30,35-36H,5-8,10-13,15-16,18H2,1-4H3/t19-,20-,22-,23-,24?,25?,26?,27-,29?,30-,31-,32-,41+/m1/s1.